The lowest BCUT2D eigenvalue weighted by molar-refractivity contribution is -0.147. The highest BCUT2D eigenvalue weighted by molar-refractivity contribution is 5.66. The van der Waals surface area contributed by atoms with Gasteiger partial charge in [0.25, 0.3) is 0 Å². The molecule has 0 unspecified atom stereocenters. The normalized spacial score (nSPS) is 26.1. The summed E-state index contributed by atoms with van der Waals surface area (Å²) in [6.07, 6.45) is 3.53. The van der Waals surface area contributed by atoms with E-state index < -0.39 is 0 Å². The van der Waals surface area contributed by atoms with Gasteiger partial charge in [0.1, 0.15) is 6.10 Å². The summed E-state index contributed by atoms with van der Waals surface area (Å²) in [5.41, 5.74) is 1.16. The number of esters is 1. The number of carbonyl (C=O) groups is 1. The quantitative estimate of drug-likeness (QED) is 0.603. The second-order valence-corrected chi connectivity index (χ2v) is 4.94. The lowest BCUT2D eigenvalue weighted by atomic mass is 10.1. The molecule has 1 saturated carbocycles. The Hall–Kier alpha value is -1.61. The van der Waals surface area contributed by atoms with Crippen molar-refractivity contribution in [3.63, 3.8) is 0 Å². The van der Waals surface area contributed by atoms with Crippen molar-refractivity contribution in [2.24, 2.45) is 5.92 Å². The molecule has 1 aromatic rings. The molecular formula is C16H20O3. The van der Waals surface area contributed by atoms with Gasteiger partial charge < -0.3 is 9.47 Å². The molecular weight excluding hydrogens is 240 g/mol. The Morgan fingerprint density at radius 2 is 2.11 bits per heavy atom. The molecule has 2 rings (SSSR count). The Morgan fingerprint density at radius 3 is 2.74 bits per heavy atom. The summed E-state index contributed by atoms with van der Waals surface area (Å²) in [6, 6.07) is 10.1. The molecule has 102 valence electrons. The minimum atomic E-state index is -0.236. The van der Waals surface area contributed by atoms with Gasteiger partial charge in [-0.15, -0.1) is 6.58 Å². The van der Waals surface area contributed by atoms with Gasteiger partial charge in [0.05, 0.1) is 12.7 Å². The van der Waals surface area contributed by atoms with Gasteiger partial charge in [-0.25, -0.2) is 0 Å². The molecule has 0 saturated heterocycles. The summed E-state index contributed by atoms with van der Waals surface area (Å²) in [4.78, 5) is 11.0. The van der Waals surface area contributed by atoms with E-state index in [2.05, 4.69) is 6.58 Å². The van der Waals surface area contributed by atoms with Gasteiger partial charge in [-0.3, -0.25) is 4.79 Å². The van der Waals surface area contributed by atoms with Crippen molar-refractivity contribution < 1.29 is 14.3 Å². The highest BCUT2D eigenvalue weighted by Crippen LogP contribution is 2.32. The fourth-order valence-corrected chi connectivity index (χ4v) is 2.51. The minimum Gasteiger partial charge on any atom is -0.462 e. The van der Waals surface area contributed by atoms with E-state index in [0.717, 1.165) is 18.4 Å². The van der Waals surface area contributed by atoms with Gasteiger partial charge in [0.2, 0.25) is 0 Å². The van der Waals surface area contributed by atoms with Crippen LogP contribution in [0.1, 0.15) is 25.3 Å². The first-order valence-corrected chi connectivity index (χ1v) is 6.64. The molecule has 3 atom stereocenters. The van der Waals surface area contributed by atoms with E-state index in [-0.39, 0.29) is 24.1 Å². The number of rotatable bonds is 5. The first kappa shape index (κ1) is 13.8. The Labute approximate surface area is 114 Å². The van der Waals surface area contributed by atoms with Crippen molar-refractivity contribution in [3.8, 4) is 0 Å². The summed E-state index contributed by atoms with van der Waals surface area (Å²) in [7, 11) is 0. The number of carbonyl (C=O) groups excluding carboxylic acids is 1. The molecule has 1 aliphatic carbocycles. The summed E-state index contributed by atoms with van der Waals surface area (Å²) < 4.78 is 11.2. The van der Waals surface area contributed by atoms with Crippen LogP contribution in [0.2, 0.25) is 0 Å². The average molecular weight is 260 g/mol. The molecule has 0 bridgehead atoms. The van der Waals surface area contributed by atoms with E-state index in [1.54, 1.807) is 0 Å². The average Bonchev–Trinajstić information content (AvgIpc) is 2.79. The Kier molecular flexibility index (Phi) is 4.74. The van der Waals surface area contributed by atoms with Crippen LogP contribution in [0.25, 0.3) is 0 Å². The second-order valence-electron chi connectivity index (χ2n) is 4.94. The van der Waals surface area contributed by atoms with Crippen molar-refractivity contribution in [3.05, 3.63) is 48.6 Å². The maximum Gasteiger partial charge on any atom is 0.302 e. The number of ether oxygens (including phenoxy) is 2. The second kappa shape index (κ2) is 6.53. The Bertz CT molecular complexity index is 427. The summed E-state index contributed by atoms with van der Waals surface area (Å²) >= 11 is 0. The molecule has 3 nitrogen and oxygen atoms in total. The monoisotopic (exact) mass is 260 g/mol. The number of benzene rings is 1. The van der Waals surface area contributed by atoms with Crippen LogP contribution in [0.3, 0.4) is 0 Å². The zero-order chi connectivity index (χ0) is 13.7. The van der Waals surface area contributed by atoms with Crippen molar-refractivity contribution in [1.82, 2.24) is 0 Å². The van der Waals surface area contributed by atoms with E-state index in [9.17, 15) is 4.79 Å². The van der Waals surface area contributed by atoms with Crippen LogP contribution >= 0.6 is 0 Å². The van der Waals surface area contributed by atoms with Crippen LogP contribution in [0.15, 0.2) is 43.0 Å². The molecule has 0 aliphatic heterocycles. The van der Waals surface area contributed by atoms with E-state index in [0.29, 0.717) is 6.61 Å². The summed E-state index contributed by atoms with van der Waals surface area (Å²) in [5, 5.41) is 0. The molecule has 19 heavy (non-hydrogen) atoms. The van der Waals surface area contributed by atoms with Crippen LogP contribution in [-0.4, -0.2) is 18.2 Å². The van der Waals surface area contributed by atoms with Crippen LogP contribution in [0, 0.1) is 5.92 Å². The van der Waals surface area contributed by atoms with Crippen LogP contribution in [0.5, 0.6) is 0 Å². The third-order valence-electron chi connectivity index (χ3n) is 3.46. The molecule has 1 fully saturated rings. The van der Waals surface area contributed by atoms with Crippen LogP contribution in [-0.2, 0) is 20.9 Å². The van der Waals surface area contributed by atoms with Gasteiger partial charge in [0.15, 0.2) is 0 Å². The van der Waals surface area contributed by atoms with E-state index in [1.807, 2.05) is 36.4 Å². The van der Waals surface area contributed by atoms with E-state index in [1.165, 1.54) is 6.92 Å². The van der Waals surface area contributed by atoms with Gasteiger partial charge in [-0.05, 0) is 12.0 Å². The molecule has 3 heteroatoms. The standard InChI is InChI=1S/C16H20O3/c1-3-14-9-15(10-16(14)19-12(2)17)18-11-13-7-5-4-6-8-13/h3-8,14-16H,1,9-11H2,2H3/t14-,15-,16+/m1/s1. The first-order valence-electron chi connectivity index (χ1n) is 6.64. The Morgan fingerprint density at radius 1 is 1.37 bits per heavy atom. The molecule has 0 heterocycles. The fraction of sp³-hybridized carbons (Fsp3) is 0.438. The largest absolute Gasteiger partial charge is 0.462 e. The van der Waals surface area contributed by atoms with Crippen molar-refractivity contribution in [2.45, 2.75) is 38.6 Å². The summed E-state index contributed by atoms with van der Waals surface area (Å²) in [5.74, 6) is -0.0368. The number of hydrogen-bond donors (Lipinski definition) is 0. The molecule has 1 aliphatic rings. The highest BCUT2D eigenvalue weighted by Gasteiger charge is 2.35. The lowest BCUT2D eigenvalue weighted by Gasteiger charge is -2.15. The first-order chi connectivity index (χ1) is 9.19. The van der Waals surface area contributed by atoms with Crippen LogP contribution in [0.4, 0.5) is 0 Å². The predicted molar refractivity (Wildman–Crippen MR) is 73.5 cm³/mol. The smallest absolute Gasteiger partial charge is 0.302 e. The third-order valence-corrected chi connectivity index (χ3v) is 3.46. The lowest BCUT2D eigenvalue weighted by Crippen LogP contribution is -2.19. The molecule has 0 aromatic heterocycles. The van der Waals surface area contributed by atoms with Gasteiger partial charge in [0, 0.05) is 19.3 Å². The molecule has 0 N–H and O–H groups in total. The van der Waals surface area contributed by atoms with E-state index in [4.69, 9.17) is 9.47 Å². The van der Waals surface area contributed by atoms with Crippen LogP contribution < -0.4 is 0 Å². The van der Waals surface area contributed by atoms with Gasteiger partial charge >= 0.3 is 5.97 Å². The Balaban J connectivity index is 1.85. The summed E-state index contributed by atoms with van der Waals surface area (Å²) in [6.45, 7) is 5.85. The van der Waals surface area contributed by atoms with Crippen molar-refractivity contribution >= 4 is 5.97 Å². The number of hydrogen-bond acceptors (Lipinski definition) is 3. The zero-order valence-electron chi connectivity index (χ0n) is 11.2. The fourth-order valence-electron chi connectivity index (χ4n) is 2.51. The van der Waals surface area contributed by atoms with E-state index >= 15 is 0 Å². The van der Waals surface area contributed by atoms with Gasteiger partial charge in [-0.1, -0.05) is 36.4 Å². The predicted octanol–water partition coefficient (Wildman–Crippen LogP) is 3.10. The maximum absolute atomic E-state index is 11.0. The van der Waals surface area contributed by atoms with Gasteiger partial charge in [-0.2, -0.15) is 0 Å². The SMILES string of the molecule is C=C[C@@H]1C[C@@H](OCc2ccccc2)C[C@@H]1OC(C)=O. The molecule has 0 radical (unpaired) electrons. The highest BCUT2D eigenvalue weighted by atomic mass is 16.5. The topological polar surface area (TPSA) is 35.5 Å². The van der Waals surface area contributed by atoms with Crippen molar-refractivity contribution in [2.75, 3.05) is 0 Å². The van der Waals surface area contributed by atoms with Crippen molar-refractivity contribution in [1.29, 1.82) is 0 Å². The maximum atomic E-state index is 11.0. The molecule has 0 spiro atoms. The molecule has 0 amide bonds. The third kappa shape index (κ3) is 3.93. The zero-order valence-corrected chi connectivity index (χ0v) is 11.2. The minimum absolute atomic E-state index is 0.0872. The molecule has 1 aromatic carbocycles.